The van der Waals surface area contributed by atoms with Crippen molar-refractivity contribution >= 4 is 0 Å². The zero-order chi connectivity index (χ0) is 18.7. The molecule has 1 aliphatic carbocycles. The second-order valence-corrected chi connectivity index (χ2v) is 6.89. The largest absolute Gasteiger partial charge is 0.457 e. The molecular formula is C21H22F4O. The van der Waals surface area contributed by atoms with Crippen LogP contribution in [0.3, 0.4) is 0 Å². The third kappa shape index (κ3) is 3.87. The highest BCUT2D eigenvalue weighted by Gasteiger charge is 2.22. The van der Waals surface area contributed by atoms with Crippen molar-refractivity contribution in [1.82, 2.24) is 0 Å². The fraction of sp³-hybridized carbons (Fsp3) is 0.429. The van der Waals surface area contributed by atoms with Crippen LogP contribution in [0.15, 0.2) is 30.3 Å². The van der Waals surface area contributed by atoms with Gasteiger partial charge in [-0.3, -0.25) is 0 Å². The van der Waals surface area contributed by atoms with Crippen LogP contribution in [0.4, 0.5) is 17.6 Å². The van der Waals surface area contributed by atoms with Gasteiger partial charge < -0.3 is 4.74 Å². The van der Waals surface area contributed by atoms with E-state index in [1.165, 1.54) is 12.5 Å². The number of benzene rings is 2. The molecule has 1 nitrogen and oxygen atoms in total. The molecule has 1 aliphatic rings. The Morgan fingerprint density at radius 1 is 0.923 bits per heavy atom. The van der Waals surface area contributed by atoms with Crippen molar-refractivity contribution in [2.45, 2.75) is 44.9 Å². The molecule has 1 fully saturated rings. The lowest BCUT2D eigenvalue weighted by Crippen LogP contribution is -2.12. The van der Waals surface area contributed by atoms with Crippen molar-refractivity contribution in [3.05, 3.63) is 53.3 Å². The van der Waals surface area contributed by atoms with Gasteiger partial charge in [-0.1, -0.05) is 25.5 Å². The molecule has 0 N–H and O–H groups in total. The Bertz CT molecular complexity index is 744. The second-order valence-electron chi connectivity index (χ2n) is 6.89. The Balaban J connectivity index is 1.84. The molecule has 3 rings (SSSR count). The third-order valence-electron chi connectivity index (χ3n) is 5.40. The van der Waals surface area contributed by atoms with E-state index >= 15 is 0 Å². The first kappa shape index (κ1) is 18.7. The summed E-state index contributed by atoms with van der Waals surface area (Å²) in [6.45, 7) is 0.859. The maximum atomic E-state index is 14.6. The van der Waals surface area contributed by atoms with E-state index in [1.807, 2.05) is 6.07 Å². The summed E-state index contributed by atoms with van der Waals surface area (Å²) in [4.78, 5) is 0. The molecule has 0 spiro atoms. The van der Waals surface area contributed by atoms with Gasteiger partial charge in [0.15, 0.2) is 17.4 Å². The molecule has 0 aliphatic heterocycles. The highest BCUT2D eigenvalue weighted by molar-refractivity contribution is 5.66. The molecule has 2 aromatic rings. The van der Waals surface area contributed by atoms with Crippen LogP contribution in [0.2, 0.25) is 0 Å². The van der Waals surface area contributed by atoms with Crippen LogP contribution in [0.25, 0.3) is 11.1 Å². The predicted octanol–water partition coefficient (Wildman–Crippen LogP) is 6.76. The van der Waals surface area contributed by atoms with Crippen LogP contribution in [0.5, 0.6) is 5.75 Å². The fourth-order valence-corrected chi connectivity index (χ4v) is 3.83. The maximum absolute atomic E-state index is 14.6. The number of alkyl halides is 1. The Hall–Kier alpha value is -2.04. The van der Waals surface area contributed by atoms with E-state index in [4.69, 9.17) is 0 Å². The minimum Gasteiger partial charge on any atom is -0.457 e. The monoisotopic (exact) mass is 366 g/mol. The van der Waals surface area contributed by atoms with Crippen LogP contribution in [-0.2, 0) is 0 Å². The van der Waals surface area contributed by atoms with Crippen LogP contribution < -0.4 is 4.74 Å². The van der Waals surface area contributed by atoms with Crippen molar-refractivity contribution in [2.75, 3.05) is 6.86 Å². The molecule has 5 heteroatoms. The lowest BCUT2D eigenvalue weighted by molar-refractivity contribution is 0.176. The van der Waals surface area contributed by atoms with Crippen molar-refractivity contribution in [3.63, 3.8) is 0 Å². The minimum absolute atomic E-state index is 0.0601. The fourth-order valence-electron chi connectivity index (χ4n) is 3.83. The summed E-state index contributed by atoms with van der Waals surface area (Å²) in [5.74, 6) is -2.33. The molecule has 0 saturated heterocycles. The molecule has 26 heavy (non-hydrogen) atoms. The zero-order valence-electron chi connectivity index (χ0n) is 14.7. The van der Waals surface area contributed by atoms with Gasteiger partial charge in [0.1, 0.15) is 5.82 Å². The van der Waals surface area contributed by atoms with Crippen molar-refractivity contribution in [2.24, 2.45) is 5.92 Å². The van der Waals surface area contributed by atoms with Gasteiger partial charge >= 0.3 is 0 Å². The molecule has 0 radical (unpaired) electrons. The summed E-state index contributed by atoms with van der Waals surface area (Å²) in [6, 6.07) is 6.77. The van der Waals surface area contributed by atoms with Crippen LogP contribution in [0, 0.1) is 23.4 Å². The lowest BCUT2D eigenvalue weighted by Gasteiger charge is -2.28. The van der Waals surface area contributed by atoms with Gasteiger partial charge in [0.05, 0.1) is 0 Å². The van der Waals surface area contributed by atoms with Gasteiger partial charge in [-0.2, -0.15) is 0 Å². The van der Waals surface area contributed by atoms with E-state index in [1.54, 1.807) is 6.07 Å². The average molecular weight is 366 g/mol. The molecule has 1 saturated carbocycles. The topological polar surface area (TPSA) is 9.23 Å². The first-order valence-corrected chi connectivity index (χ1v) is 9.01. The third-order valence-corrected chi connectivity index (χ3v) is 5.40. The van der Waals surface area contributed by atoms with Gasteiger partial charge in [0, 0.05) is 5.56 Å². The first-order valence-electron chi connectivity index (χ1n) is 9.01. The van der Waals surface area contributed by atoms with E-state index in [0.29, 0.717) is 5.92 Å². The van der Waals surface area contributed by atoms with Crippen LogP contribution >= 0.6 is 0 Å². The minimum atomic E-state index is -1.34. The molecule has 0 heterocycles. The number of halogens is 4. The highest BCUT2D eigenvalue weighted by atomic mass is 19.1. The summed E-state index contributed by atoms with van der Waals surface area (Å²) in [7, 11) is 0. The molecule has 0 bridgehead atoms. The van der Waals surface area contributed by atoms with E-state index in [-0.39, 0.29) is 11.1 Å². The van der Waals surface area contributed by atoms with Crippen molar-refractivity contribution < 1.29 is 22.3 Å². The SMILES string of the molecule is CCC1CCC(c2ccc(-c3cc(F)c(OCF)c(F)c3)c(F)c2)CC1. The van der Waals surface area contributed by atoms with Gasteiger partial charge in [0.25, 0.3) is 0 Å². The smallest absolute Gasteiger partial charge is 0.228 e. The second kappa shape index (κ2) is 8.11. The molecule has 0 atom stereocenters. The van der Waals surface area contributed by atoms with Crippen molar-refractivity contribution in [1.29, 1.82) is 0 Å². The summed E-state index contributed by atoms with van der Waals surface area (Å²) >= 11 is 0. The quantitative estimate of drug-likeness (QED) is 0.531. The van der Waals surface area contributed by atoms with Gasteiger partial charge in [-0.05, 0) is 66.8 Å². The normalized spacial score (nSPS) is 20.2. The Labute approximate surface area is 151 Å². The first-order chi connectivity index (χ1) is 12.5. The lowest BCUT2D eigenvalue weighted by atomic mass is 9.77. The molecule has 0 aromatic heterocycles. The number of hydrogen-bond acceptors (Lipinski definition) is 1. The standard InChI is InChI=1S/C21H22F4O/c1-2-13-3-5-14(6-4-13)15-7-8-17(18(23)9-15)16-10-19(24)21(26-12-22)20(25)11-16/h7-11,13-14H,2-6,12H2,1H3. The summed E-state index contributed by atoms with van der Waals surface area (Å²) < 4.78 is 58.9. The van der Waals surface area contributed by atoms with Gasteiger partial charge in [0.2, 0.25) is 6.86 Å². The predicted molar refractivity (Wildman–Crippen MR) is 93.3 cm³/mol. The summed E-state index contributed by atoms with van der Waals surface area (Å²) in [6.07, 6.45) is 5.55. The Kier molecular flexibility index (Phi) is 5.84. The number of hydrogen-bond donors (Lipinski definition) is 0. The molecule has 2 aromatic carbocycles. The van der Waals surface area contributed by atoms with Crippen LogP contribution in [0.1, 0.15) is 50.5 Å². The Morgan fingerprint density at radius 2 is 1.58 bits per heavy atom. The molecule has 0 amide bonds. The van der Waals surface area contributed by atoms with E-state index in [9.17, 15) is 17.6 Å². The van der Waals surface area contributed by atoms with Crippen molar-refractivity contribution in [3.8, 4) is 16.9 Å². The van der Waals surface area contributed by atoms with E-state index in [2.05, 4.69) is 11.7 Å². The molecule has 0 unspecified atom stereocenters. The van der Waals surface area contributed by atoms with E-state index in [0.717, 1.165) is 49.3 Å². The van der Waals surface area contributed by atoms with Gasteiger partial charge in [-0.15, -0.1) is 0 Å². The van der Waals surface area contributed by atoms with E-state index < -0.39 is 30.1 Å². The van der Waals surface area contributed by atoms with Gasteiger partial charge in [-0.25, -0.2) is 17.6 Å². The zero-order valence-corrected chi connectivity index (χ0v) is 14.7. The highest BCUT2D eigenvalue weighted by Crippen LogP contribution is 2.38. The summed E-state index contributed by atoms with van der Waals surface area (Å²) in [5, 5.41) is 0. The summed E-state index contributed by atoms with van der Waals surface area (Å²) in [5.41, 5.74) is 1.10. The maximum Gasteiger partial charge on any atom is 0.228 e. The number of rotatable bonds is 5. The average Bonchev–Trinajstić information content (AvgIpc) is 2.64. The van der Waals surface area contributed by atoms with Crippen LogP contribution in [-0.4, -0.2) is 6.86 Å². The molecular weight excluding hydrogens is 344 g/mol. The number of ether oxygens (including phenoxy) is 1. The molecule has 140 valence electrons. The Morgan fingerprint density at radius 3 is 2.12 bits per heavy atom.